The third-order valence-electron chi connectivity index (χ3n) is 4.65. The third kappa shape index (κ3) is 4.19. The lowest BCUT2D eigenvalue weighted by Gasteiger charge is -2.17. The number of methoxy groups -OCH3 is 2. The summed E-state index contributed by atoms with van der Waals surface area (Å²) in [4.78, 5) is 19.9. The van der Waals surface area contributed by atoms with E-state index in [0.29, 0.717) is 35.2 Å². The van der Waals surface area contributed by atoms with E-state index in [4.69, 9.17) is 9.47 Å². The van der Waals surface area contributed by atoms with Crippen LogP contribution < -0.4 is 15.0 Å². The minimum absolute atomic E-state index is 0.173. The Balaban J connectivity index is 1.54. The summed E-state index contributed by atoms with van der Waals surface area (Å²) in [6, 6.07) is 17.2. The first kappa shape index (κ1) is 20.1. The fourth-order valence-electron chi connectivity index (χ4n) is 3.26. The molecule has 154 valence electrons. The minimum Gasteiger partial charge on any atom is -0.493 e. The lowest BCUT2D eigenvalue weighted by molar-refractivity contribution is 0.312. The molecular weight excluding hydrogens is 400 g/mol. The highest BCUT2D eigenvalue weighted by molar-refractivity contribution is 7.19. The van der Waals surface area contributed by atoms with E-state index in [1.165, 1.54) is 15.9 Å². The van der Waals surface area contributed by atoms with Crippen LogP contribution in [0.15, 0.2) is 59.4 Å². The number of ether oxygens (including phenoxy) is 2. The smallest absolute Gasteiger partial charge is 0.275 e. The van der Waals surface area contributed by atoms with Crippen molar-refractivity contribution in [3.8, 4) is 22.1 Å². The molecule has 2 heterocycles. The van der Waals surface area contributed by atoms with Gasteiger partial charge in [-0.05, 0) is 24.7 Å². The average molecular weight is 423 g/mol. The van der Waals surface area contributed by atoms with E-state index in [0.717, 1.165) is 16.1 Å². The van der Waals surface area contributed by atoms with Crippen LogP contribution in [0.4, 0.5) is 0 Å². The molecule has 0 aliphatic carbocycles. The van der Waals surface area contributed by atoms with Crippen molar-refractivity contribution >= 4 is 16.3 Å². The van der Waals surface area contributed by atoms with Crippen molar-refractivity contribution in [2.45, 2.75) is 13.1 Å². The molecule has 0 unspecified atom stereocenters. The molecule has 8 heteroatoms. The lowest BCUT2D eigenvalue weighted by Crippen LogP contribution is -2.21. The van der Waals surface area contributed by atoms with Crippen LogP contribution in [-0.4, -0.2) is 40.8 Å². The van der Waals surface area contributed by atoms with Crippen molar-refractivity contribution in [3.05, 3.63) is 76.2 Å². The van der Waals surface area contributed by atoms with Gasteiger partial charge in [0.2, 0.25) is 4.96 Å². The Kier molecular flexibility index (Phi) is 5.78. The Hall–Kier alpha value is -3.23. The molecule has 0 fully saturated rings. The molecule has 30 heavy (non-hydrogen) atoms. The van der Waals surface area contributed by atoms with Gasteiger partial charge in [0.15, 0.2) is 11.5 Å². The molecule has 7 nitrogen and oxygen atoms in total. The van der Waals surface area contributed by atoms with Crippen LogP contribution in [0, 0.1) is 0 Å². The van der Waals surface area contributed by atoms with Gasteiger partial charge in [-0.15, -0.1) is 0 Å². The van der Waals surface area contributed by atoms with Crippen LogP contribution in [0.3, 0.4) is 0 Å². The van der Waals surface area contributed by atoms with Gasteiger partial charge in [0.05, 0.1) is 19.9 Å². The molecular formula is C22H22N4O3S. The molecule has 2 aromatic heterocycles. The number of hydrogen-bond acceptors (Lipinski definition) is 7. The number of nitrogens with zero attached hydrogens (tertiary/aromatic N) is 4. The van der Waals surface area contributed by atoms with Crippen molar-refractivity contribution in [3.63, 3.8) is 0 Å². The molecule has 0 spiro atoms. The Morgan fingerprint density at radius 2 is 1.77 bits per heavy atom. The second kappa shape index (κ2) is 8.64. The summed E-state index contributed by atoms with van der Waals surface area (Å²) in [5.74, 6) is 1.39. The van der Waals surface area contributed by atoms with E-state index < -0.39 is 0 Å². The highest BCUT2D eigenvalue weighted by atomic mass is 32.1. The Labute approximate surface area is 178 Å². The summed E-state index contributed by atoms with van der Waals surface area (Å²) >= 11 is 1.41. The Morgan fingerprint density at radius 1 is 1.00 bits per heavy atom. The maximum absolute atomic E-state index is 12.6. The van der Waals surface area contributed by atoms with E-state index in [1.54, 1.807) is 20.3 Å². The van der Waals surface area contributed by atoms with Crippen molar-refractivity contribution < 1.29 is 9.47 Å². The first-order valence-corrected chi connectivity index (χ1v) is 10.2. The van der Waals surface area contributed by atoms with E-state index in [1.807, 2.05) is 55.6 Å². The summed E-state index contributed by atoms with van der Waals surface area (Å²) in [7, 11) is 5.23. The van der Waals surface area contributed by atoms with Gasteiger partial charge in [0, 0.05) is 24.7 Å². The summed E-state index contributed by atoms with van der Waals surface area (Å²) in [6.45, 7) is 1.22. The fourth-order valence-corrected chi connectivity index (χ4v) is 4.19. The number of rotatable bonds is 7. The standard InChI is InChI=1S/C22H22N4O3S/c1-25(13-15-9-10-18(28-2)19(11-15)29-3)14-17-12-20(27)26-22(23-17)30-21(24-26)16-7-5-4-6-8-16/h4-12H,13-14H2,1-3H3. The zero-order valence-corrected chi connectivity index (χ0v) is 17.8. The zero-order chi connectivity index (χ0) is 21.1. The molecule has 0 N–H and O–H groups in total. The zero-order valence-electron chi connectivity index (χ0n) is 17.0. The third-order valence-corrected chi connectivity index (χ3v) is 5.61. The summed E-state index contributed by atoms with van der Waals surface area (Å²) < 4.78 is 12.0. The van der Waals surface area contributed by atoms with Crippen LogP contribution >= 0.6 is 11.3 Å². The minimum atomic E-state index is -0.173. The molecule has 4 aromatic rings. The number of fused-ring (bicyclic) bond motifs is 1. The fraction of sp³-hybridized carbons (Fsp3) is 0.227. The van der Waals surface area contributed by atoms with Crippen molar-refractivity contribution in [1.29, 1.82) is 0 Å². The lowest BCUT2D eigenvalue weighted by atomic mass is 10.2. The van der Waals surface area contributed by atoms with Crippen LogP contribution in [-0.2, 0) is 13.1 Å². The molecule has 0 saturated carbocycles. The molecule has 2 aromatic carbocycles. The average Bonchev–Trinajstić information content (AvgIpc) is 3.19. The quantitative estimate of drug-likeness (QED) is 0.454. The van der Waals surface area contributed by atoms with Gasteiger partial charge >= 0.3 is 0 Å². The molecule has 0 bridgehead atoms. The molecule has 4 rings (SSSR count). The van der Waals surface area contributed by atoms with E-state index in [-0.39, 0.29) is 5.56 Å². The van der Waals surface area contributed by atoms with Crippen LogP contribution in [0.2, 0.25) is 0 Å². The maximum atomic E-state index is 12.6. The number of aromatic nitrogens is 3. The summed E-state index contributed by atoms with van der Waals surface area (Å²) in [6.07, 6.45) is 0. The highest BCUT2D eigenvalue weighted by Crippen LogP contribution is 2.28. The maximum Gasteiger partial charge on any atom is 0.275 e. The first-order valence-electron chi connectivity index (χ1n) is 9.42. The topological polar surface area (TPSA) is 69.0 Å². The second-order valence-electron chi connectivity index (χ2n) is 6.91. The molecule has 0 radical (unpaired) electrons. The van der Waals surface area contributed by atoms with Gasteiger partial charge in [-0.25, -0.2) is 4.98 Å². The normalized spacial score (nSPS) is 11.2. The van der Waals surface area contributed by atoms with Gasteiger partial charge in [-0.2, -0.15) is 9.61 Å². The Bertz CT molecular complexity index is 1220. The summed E-state index contributed by atoms with van der Waals surface area (Å²) in [5, 5.41) is 5.20. The van der Waals surface area contributed by atoms with Gasteiger partial charge in [0.1, 0.15) is 5.01 Å². The van der Waals surface area contributed by atoms with E-state index in [9.17, 15) is 4.79 Å². The van der Waals surface area contributed by atoms with E-state index in [2.05, 4.69) is 15.0 Å². The van der Waals surface area contributed by atoms with Gasteiger partial charge in [0.25, 0.3) is 5.56 Å². The molecule has 0 amide bonds. The SMILES string of the molecule is COc1ccc(CN(C)Cc2cc(=O)n3nc(-c4ccccc4)sc3n2)cc1OC. The second-order valence-corrected chi connectivity index (χ2v) is 7.87. The molecule has 0 aliphatic rings. The Morgan fingerprint density at radius 3 is 2.50 bits per heavy atom. The number of hydrogen-bond donors (Lipinski definition) is 0. The molecule has 0 saturated heterocycles. The first-order chi connectivity index (χ1) is 14.6. The van der Waals surface area contributed by atoms with Crippen molar-refractivity contribution in [2.75, 3.05) is 21.3 Å². The van der Waals surface area contributed by atoms with Crippen LogP contribution in [0.5, 0.6) is 11.5 Å². The number of benzene rings is 2. The predicted octanol–water partition coefficient (Wildman–Crippen LogP) is 3.47. The largest absolute Gasteiger partial charge is 0.493 e. The van der Waals surface area contributed by atoms with Crippen molar-refractivity contribution in [1.82, 2.24) is 19.5 Å². The monoisotopic (exact) mass is 422 g/mol. The molecule has 0 aliphatic heterocycles. The van der Waals surface area contributed by atoms with Crippen molar-refractivity contribution in [2.24, 2.45) is 0 Å². The van der Waals surface area contributed by atoms with E-state index >= 15 is 0 Å². The molecule has 0 atom stereocenters. The van der Waals surface area contributed by atoms with Crippen LogP contribution in [0.1, 0.15) is 11.3 Å². The van der Waals surface area contributed by atoms with Gasteiger partial charge < -0.3 is 9.47 Å². The van der Waals surface area contributed by atoms with Gasteiger partial charge in [-0.1, -0.05) is 47.7 Å². The van der Waals surface area contributed by atoms with Crippen LogP contribution in [0.25, 0.3) is 15.5 Å². The van der Waals surface area contributed by atoms with Gasteiger partial charge in [-0.3, -0.25) is 9.69 Å². The summed E-state index contributed by atoms with van der Waals surface area (Å²) in [5.41, 5.74) is 2.59. The predicted molar refractivity (Wildman–Crippen MR) is 117 cm³/mol. The highest BCUT2D eigenvalue weighted by Gasteiger charge is 2.12.